The minimum Gasteiger partial charge on any atom is -0.476 e. The van der Waals surface area contributed by atoms with E-state index in [4.69, 9.17) is 10.5 Å². The third kappa shape index (κ3) is 3.96. The smallest absolute Gasteiger partial charge is 0.239 e. The summed E-state index contributed by atoms with van der Waals surface area (Å²) in [6.45, 7) is 7.83. The summed E-state index contributed by atoms with van der Waals surface area (Å²) in [6, 6.07) is 3.69. The molecule has 0 atom stereocenters. The largest absolute Gasteiger partial charge is 0.476 e. The molecule has 90 valence electrons. The maximum absolute atomic E-state index is 5.79. The number of hydrogen-bond acceptors (Lipinski definition) is 4. The van der Waals surface area contributed by atoms with Crippen molar-refractivity contribution >= 4 is 11.5 Å². The van der Waals surface area contributed by atoms with Crippen molar-refractivity contribution in [2.45, 2.75) is 27.2 Å². The van der Waals surface area contributed by atoms with Crippen molar-refractivity contribution in [3.05, 3.63) is 12.1 Å². The molecule has 0 saturated carbocycles. The molecule has 0 aliphatic carbocycles. The highest BCUT2D eigenvalue weighted by Crippen LogP contribution is 2.21. The van der Waals surface area contributed by atoms with Gasteiger partial charge in [-0.1, -0.05) is 20.8 Å². The SMILES string of the molecule is CCCNc1ccc(N)c(OCC(C)C)n1. The first-order valence-corrected chi connectivity index (χ1v) is 5.76. The predicted octanol–water partition coefficient (Wildman–Crippen LogP) is 2.52. The zero-order chi connectivity index (χ0) is 12.0. The van der Waals surface area contributed by atoms with Crippen molar-refractivity contribution < 1.29 is 4.74 Å². The molecule has 1 aromatic heterocycles. The number of aromatic nitrogens is 1. The van der Waals surface area contributed by atoms with Crippen LogP contribution in [-0.4, -0.2) is 18.1 Å². The van der Waals surface area contributed by atoms with Gasteiger partial charge < -0.3 is 15.8 Å². The van der Waals surface area contributed by atoms with E-state index in [1.54, 1.807) is 0 Å². The predicted molar refractivity (Wildman–Crippen MR) is 67.8 cm³/mol. The number of hydrogen-bond donors (Lipinski definition) is 2. The Labute approximate surface area is 97.2 Å². The lowest BCUT2D eigenvalue weighted by atomic mass is 10.2. The molecule has 1 aromatic rings. The van der Waals surface area contributed by atoms with E-state index < -0.39 is 0 Å². The average molecular weight is 223 g/mol. The second-order valence-corrected chi connectivity index (χ2v) is 4.22. The van der Waals surface area contributed by atoms with Crippen LogP contribution in [0.2, 0.25) is 0 Å². The molecule has 4 nitrogen and oxygen atoms in total. The van der Waals surface area contributed by atoms with Crippen molar-refractivity contribution in [1.29, 1.82) is 0 Å². The molecule has 0 spiro atoms. The zero-order valence-electron chi connectivity index (χ0n) is 10.3. The number of nitrogens with two attached hydrogens (primary N) is 1. The van der Waals surface area contributed by atoms with Crippen LogP contribution in [0.5, 0.6) is 5.88 Å². The molecule has 1 rings (SSSR count). The van der Waals surface area contributed by atoms with E-state index >= 15 is 0 Å². The van der Waals surface area contributed by atoms with Crippen molar-refractivity contribution in [3.63, 3.8) is 0 Å². The summed E-state index contributed by atoms with van der Waals surface area (Å²) in [5.41, 5.74) is 6.37. The lowest BCUT2D eigenvalue weighted by Gasteiger charge is -2.11. The number of nitrogens with zero attached hydrogens (tertiary/aromatic N) is 1. The van der Waals surface area contributed by atoms with Crippen LogP contribution in [0.1, 0.15) is 27.2 Å². The molecule has 0 fully saturated rings. The topological polar surface area (TPSA) is 60.2 Å². The monoisotopic (exact) mass is 223 g/mol. The van der Waals surface area contributed by atoms with E-state index in [0.717, 1.165) is 18.8 Å². The summed E-state index contributed by atoms with van der Waals surface area (Å²) < 4.78 is 5.54. The number of anilines is 2. The van der Waals surface area contributed by atoms with Crippen LogP contribution in [0.4, 0.5) is 11.5 Å². The normalized spacial score (nSPS) is 10.5. The fourth-order valence-corrected chi connectivity index (χ4v) is 1.16. The summed E-state index contributed by atoms with van der Waals surface area (Å²) in [6.07, 6.45) is 1.06. The number of rotatable bonds is 6. The molecule has 0 unspecified atom stereocenters. The summed E-state index contributed by atoms with van der Waals surface area (Å²) >= 11 is 0. The maximum Gasteiger partial charge on any atom is 0.239 e. The van der Waals surface area contributed by atoms with Gasteiger partial charge in [0.15, 0.2) is 0 Å². The van der Waals surface area contributed by atoms with Crippen LogP contribution in [0.15, 0.2) is 12.1 Å². The van der Waals surface area contributed by atoms with E-state index in [9.17, 15) is 0 Å². The molecule has 16 heavy (non-hydrogen) atoms. The van der Waals surface area contributed by atoms with Gasteiger partial charge in [-0.05, 0) is 24.5 Å². The first-order valence-electron chi connectivity index (χ1n) is 5.76. The Hall–Kier alpha value is -1.45. The second-order valence-electron chi connectivity index (χ2n) is 4.22. The van der Waals surface area contributed by atoms with Gasteiger partial charge in [-0.3, -0.25) is 0 Å². The second kappa shape index (κ2) is 6.20. The van der Waals surface area contributed by atoms with Crippen LogP contribution < -0.4 is 15.8 Å². The van der Waals surface area contributed by atoms with Crippen molar-refractivity contribution in [2.24, 2.45) is 5.92 Å². The van der Waals surface area contributed by atoms with E-state index in [-0.39, 0.29) is 0 Å². The van der Waals surface area contributed by atoms with Crippen LogP contribution >= 0.6 is 0 Å². The van der Waals surface area contributed by atoms with Gasteiger partial charge >= 0.3 is 0 Å². The Morgan fingerprint density at radius 3 is 2.81 bits per heavy atom. The van der Waals surface area contributed by atoms with Gasteiger partial charge in [0.2, 0.25) is 5.88 Å². The summed E-state index contributed by atoms with van der Waals surface area (Å²) in [5, 5.41) is 3.20. The lowest BCUT2D eigenvalue weighted by Crippen LogP contribution is -2.09. The average Bonchev–Trinajstić information content (AvgIpc) is 2.26. The van der Waals surface area contributed by atoms with Crippen LogP contribution in [0.25, 0.3) is 0 Å². The van der Waals surface area contributed by atoms with Gasteiger partial charge in [0.1, 0.15) is 5.82 Å². The fraction of sp³-hybridized carbons (Fsp3) is 0.583. The van der Waals surface area contributed by atoms with E-state index in [1.807, 2.05) is 12.1 Å². The minimum absolute atomic E-state index is 0.466. The number of pyridine rings is 1. The Kier molecular flexibility index (Phi) is 4.89. The molecule has 0 saturated heterocycles. The van der Waals surface area contributed by atoms with Gasteiger partial charge in [0.25, 0.3) is 0 Å². The number of ether oxygens (including phenoxy) is 1. The van der Waals surface area contributed by atoms with Gasteiger partial charge in [-0.2, -0.15) is 4.98 Å². The maximum atomic E-state index is 5.79. The quantitative estimate of drug-likeness (QED) is 0.778. The van der Waals surface area contributed by atoms with E-state index in [2.05, 4.69) is 31.1 Å². The first-order chi connectivity index (χ1) is 7.63. The highest BCUT2D eigenvalue weighted by Gasteiger charge is 2.05. The highest BCUT2D eigenvalue weighted by molar-refractivity contribution is 5.53. The lowest BCUT2D eigenvalue weighted by molar-refractivity contribution is 0.263. The third-order valence-corrected chi connectivity index (χ3v) is 2.00. The van der Waals surface area contributed by atoms with Crippen molar-refractivity contribution in [3.8, 4) is 5.88 Å². The van der Waals surface area contributed by atoms with E-state index in [1.165, 1.54) is 0 Å². The van der Waals surface area contributed by atoms with Gasteiger partial charge in [0, 0.05) is 6.54 Å². The molecule has 3 N–H and O–H groups in total. The molecule has 4 heteroatoms. The van der Waals surface area contributed by atoms with Crippen molar-refractivity contribution in [2.75, 3.05) is 24.2 Å². The van der Waals surface area contributed by atoms with Crippen molar-refractivity contribution in [1.82, 2.24) is 4.98 Å². The number of nitrogen functional groups attached to an aromatic ring is 1. The summed E-state index contributed by atoms with van der Waals surface area (Å²) in [4.78, 5) is 4.32. The Morgan fingerprint density at radius 2 is 2.19 bits per heavy atom. The summed E-state index contributed by atoms with van der Waals surface area (Å²) in [5.74, 6) is 1.80. The number of nitrogens with one attached hydrogen (secondary N) is 1. The molecule has 0 amide bonds. The Morgan fingerprint density at radius 1 is 1.44 bits per heavy atom. The highest BCUT2D eigenvalue weighted by atomic mass is 16.5. The molecule has 1 heterocycles. The van der Waals surface area contributed by atoms with Gasteiger partial charge in [-0.25, -0.2) is 0 Å². The minimum atomic E-state index is 0.466. The summed E-state index contributed by atoms with van der Waals surface area (Å²) in [7, 11) is 0. The Balaban J connectivity index is 2.66. The zero-order valence-corrected chi connectivity index (χ0v) is 10.3. The van der Waals surface area contributed by atoms with Crippen LogP contribution in [-0.2, 0) is 0 Å². The third-order valence-electron chi connectivity index (χ3n) is 2.00. The van der Waals surface area contributed by atoms with E-state index in [0.29, 0.717) is 24.1 Å². The molecule has 0 bridgehead atoms. The molecular formula is C12H21N3O. The van der Waals surface area contributed by atoms with Gasteiger partial charge in [0.05, 0.1) is 12.3 Å². The molecule has 0 aliphatic rings. The molecular weight excluding hydrogens is 202 g/mol. The van der Waals surface area contributed by atoms with Crippen LogP contribution in [0, 0.1) is 5.92 Å². The molecule has 0 radical (unpaired) electrons. The first kappa shape index (κ1) is 12.6. The fourth-order valence-electron chi connectivity index (χ4n) is 1.16. The molecule has 0 aliphatic heterocycles. The van der Waals surface area contributed by atoms with Gasteiger partial charge in [-0.15, -0.1) is 0 Å². The molecule has 0 aromatic carbocycles. The standard InChI is InChI=1S/C12H21N3O/c1-4-7-14-11-6-5-10(13)12(15-11)16-8-9(2)3/h5-6,9H,4,7-8,13H2,1-3H3,(H,14,15). The Bertz CT molecular complexity index is 326. The van der Waals surface area contributed by atoms with Crippen LogP contribution in [0.3, 0.4) is 0 Å².